The molecule has 0 aliphatic heterocycles. The minimum absolute atomic E-state index is 0.217. The van der Waals surface area contributed by atoms with Gasteiger partial charge >= 0.3 is 0 Å². The number of nitrogens with zero attached hydrogens (tertiary/aromatic N) is 1. The van der Waals surface area contributed by atoms with Gasteiger partial charge in [0.05, 0.1) is 23.3 Å². The van der Waals surface area contributed by atoms with Gasteiger partial charge in [-0.3, -0.25) is 9.59 Å². The smallest absolute Gasteiger partial charge is 0.238 e. The first-order chi connectivity index (χ1) is 13.5. The zero-order chi connectivity index (χ0) is 23.5. The topological polar surface area (TPSA) is 104 Å². The van der Waals surface area contributed by atoms with E-state index in [9.17, 15) is 19.8 Å². The number of carbonyl (C=O) groups is 2. The lowest BCUT2D eigenvalue weighted by Crippen LogP contribution is -2.66. The maximum atomic E-state index is 14.2. The molecule has 6 nitrogen and oxygen atoms in total. The summed E-state index contributed by atoms with van der Waals surface area (Å²) < 4.78 is 0. The molecule has 1 aliphatic carbocycles. The van der Waals surface area contributed by atoms with Crippen LogP contribution in [0.25, 0.3) is 0 Å². The minimum Gasteiger partial charge on any atom is -0.388 e. The summed E-state index contributed by atoms with van der Waals surface area (Å²) in [5, 5.41) is 22.2. The van der Waals surface area contributed by atoms with Gasteiger partial charge in [-0.1, -0.05) is 47.0 Å². The summed E-state index contributed by atoms with van der Waals surface area (Å²) in [4.78, 5) is 28.5. The molecule has 1 aliphatic rings. The fraction of sp³-hybridized carbons (Fsp3) is 0.917. The highest BCUT2D eigenvalue weighted by Crippen LogP contribution is 2.42. The number of nitrogens with two attached hydrogens (primary N) is 1. The van der Waals surface area contributed by atoms with Gasteiger partial charge < -0.3 is 20.8 Å². The lowest BCUT2D eigenvalue weighted by Gasteiger charge is -2.51. The van der Waals surface area contributed by atoms with Crippen molar-refractivity contribution in [3.8, 4) is 0 Å². The maximum absolute atomic E-state index is 14.2. The van der Waals surface area contributed by atoms with Crippen LogP contribution in [-0.2, 0) is 9.59 Å². The van der Waals surface area contributed by atoms with Gasteiger partial charge in [0, 0.05) is 0 Å². The predicted octanol–water partition coefficient (Wildman–Crippen LogP) is 3.62. The van der Waals surface area contributed by atoms with Crippen LogP contribution in [0.5, 0.6) is 0 Å². The molecule has 0 radical (unpaired) electrons. The van der Waals surface area contributed by atoms with E-state index in [0.717, 1.165) is 19.3 Å². The molecule has 2 unspecified atom stereocenters. The third-order valence-electron chi connectivity index (χ3n) is 6.51. The van der Waals surface area contributed by atoms with Gasteiger partial charge in [0.1, 0.15) is 5.41 Å². The Labute approximate surface area is 183 Å². The first kappa shape index (κ1) is 26.9. The highest BCUT2D eigenvalue weighted by Gasteiger charge is 2.53. The second kappa shape index (κ2) is 9.99. The number of amides is 2. The quantitative estimate of drug-likeness (QED) is 0.464. The first-order valence-electron chi connectivity index (χ1n) is 11.6. The molecule has 0 spiro atoms. The van der Waals surface area contributed by atoms with E-state index in [1.165, 1.54) is 0 Å². The number of hydrogen-bond acceptors (Lipinski definition) is 4. The van der Waals surface area contributed by atoms with Crippen molar-refractivity contribution in [3.05, 3.63) is 0 Å². The average molecular weight is 427 g/mol. The molecule has 1 rings (SSSR count). The fourth-order valence-electron chi connectivity index (χ4n) is 4.85. The molecule has 1 fully saturated rings. The standard InChI is InChI=1S/C24H46N2O4/c1-16(2)14-18(22(5,6)29)26(19(15-17(3)4)23(7,8)30)21(28)24(20(25)27)12-10-9-11-13-24/h16-19,29-30H,9-15H2,1-8H3,(H2,25,27). The van der Waals surface area contributed by atoms with E-state index in [2.05, 4.69) is 0 Å². The van der Waals surface area contributed by atoms with Crippen LogP contribution < -0.4 is 5.73 Å². The third-order valence-corrected chi connectivity index (χ3v) is 6.51. The van der Waals surface area contributed by atoms with Crippen LogP contribution in [0.4, 0.5) is 0 Å². The SMILES string of the molecule is CC(C)CC(N(C(=O)C1(C(N)=O)CCCCC1)C(CC(C)C)C(C)(C)O)C(C)(C)O. The summed E-state index contributed by atoms with van der Waals surface area (Å²) >= 11 is 0. The lowest BCUT2D eigenvalue weighted by molar-refractivity contribution is -0.170. The van der Waals surface area contributed by atoms with Crippen LogP contribution in [0.1, 0.15) is 100 Å². The Kier molecular flexibility index (Phi) is 8.95. The Morgan fingerprint density at radius 1 is 0.867 bits per heavy atom. The van der Waals surface area contributed by atoms with Gasteiger partial charge in [-0.15, -0.1) is 0 Å². The summed E-state index contributed by atoms with van der Waals surface area (Å²) in [6.07, 6.45) is 4.51. The molecule has 2 amide bonds. The Bertz CT molecular complexity index is 553. The second-order valence-electron chi connectivity index (χ2n) is 11.3. The Balaban J connectivity index is 3.68. The predicted molar refractivity (Wildman–Crippen MR) is 121 cm³/mol. The van der Waals surface area contributed by atoms with E-state index >= 15 is 0 Å². The zero-order valence-corrected chi connectivity index (χ0v) is 20.5. The summed E-state index contributed by atoms with van der Waals surface area (Å²) in [5.41, 5.74) is 2.18. The molecule has 0 heterocycles. The normalized spacial score (nSPS) is 19.6. The summed E-state index contributed by atoms with van der Waals surface area (Å²) in [5.74, 6) is -0.478. The van der Waals surface area contributed by atoms with Crippen LogP contribution >= 0.6 is 0 Å². The molecular weight excluding hydrogens is 380 g/mol. The molecule has 2 atom stereocenters. The highest BCUT2D eigenvalue weighted by atomic mass is 16.3. The van der Waals surface area contributed by atoms with Gasteiger partial charge in [0.15, 0.2) is 0 Å². The largest absolute Gasteiger partial charge is 0.388 e. The van der Waals surface area contributed by atoms with Crippen LogP contribution in [0.3, 0.4) is 0 Å². The number of hydrogen-bond donors (Lipinski definition) is 3. The molecule has 0 aromatic rings. The van der Waals surface area contributed by atoms with Crippen LogP contribution in [0, 0.1) is 17.3 Å². The number of primary amides is 1. The molecule has 0 aromatic carbocycles. The van der Waals surface area contributed by atoms with Gasteiger partial charge in [-0.25, -0.2) is 0 Å². The minimum atomic E-state index is -1.26. The summed E-state index contributed by atoms with van der Waals surface area (Å²) in [7, 11) is 0. The zero-order valence-electron chi connectivity index (χ0n) is 20.5. The molecule has 1 saturated carbocycles. The van der Waals surface area contributed by atoms with Crippen molar-refractivity contribution in [2.24, 2.45) is 23.0 Å². The fourth-order valence-corrected chi connectivity index (χ4v) is 4.85. The van der Waals surface area contributed by atoms with E-state index in [1.54, 1.807) is 32.6 Å². The number of carbonyl (C=O) groups excluding carboxylic acids is 2. The van der Waals surface area contributed by atoms with Gasteiger partial charge in [-0.2, -0.15) is 0 Å². The van der Waals surface area contributed by atoms with Gasteiger partial charge in [0.2, 0.25) is 11.8 Å². The Morgan fingerprint density at radius 3 is 1.50 bits per heavy atom. The van der Waals surface area contributed by atoms with Crippen LogP contribution in [0.2, 0.25) is 0 Å². The van der Waals surface area contributed by atoms with Crippen LogP contribution in [0.15, 0.2) is 0 Å². The van der Waals surface area contributed by atoms with Crippen molar-refractivity contribution in [2.45, 2.75) is 124 Å². The van der Waals surface area contributed by atoms with E-state index < -0.39 is 34.6 Å². The van der Waals surface area contributed by atoms with Crippen molar-refractivity contribution in [1.29, 1.82) is 0 Å². The summed E-state index contributed by atoms with van der Waals surface area (Å²) in [6, 6.07) is -1.09. The lowest BCUT2D eigenvalue weighted by atomic mass is 9.70. The number of rotatable bonds is 10. The molecule has 0 aromatic heterocycles. The Hall–Kier alpha value is -1.14. The number of aliphatic hydroxyl groups is 2. The van der Waals surface area contributed by atoms with Crippen LogP contribution in [-0.4, -0.2) is 50.2 Å². The van der Waals surface area contributed by atoms with E-state index in [4.69, 9.17) is 5.73 Å². The maximum Gasteiger partial charge on any atom is 0.238 e. The third kappa shape index (κ3) is 6.43. The molecule has 4 N–H and O–H groups in total. The van der Waals surface area contributed by atoms with Crippen molar-refractivity contribution in [3.63, 3.8) is 0 Å². The van der Waals surface area contributed by atoms with E-state index in [1.807, 2.05) is 27.7 Å². The van der Waals surface area contributed by atoms with Crippen molar-refractivity contribution in [1.82, 2.24) is 4.90 Å². The Morgan fingerprint density at radius 2 is 1.23 bits per heavy atom. The second-order valence-corrected chi connectivity index (χ2v) is 11.3. The first-order valence-corrected chi connectivity index (χ1v) is 11.6. The van der Waals surface area contributed by atoms with E-state index in [-0.39, 0.29) is 17.7 Å². The highest BCUT2D eigenvalue weighted by molar-refractivity contribution is 6.04. The van der Waals surface area contributed by atoms with Crippen molar-refractivity contribution < 1.29 is 19.8 Å². The average Bonchev–Trinajstić information content (AvgIpc) is 2.58. The molecule has 176 valence electrons. The van der Waals surface area contributed by atoms with E-state index in [0.29, 0.717) is 25.7 Å². The van der Waals surface area contributed by atoms with Gasteiger partial charge in [0.25, 0.3) is 0 Å². The molecule has 6 heteroatoms. The molecule has 30 heavy (non-hydrogen) atoms. The summed E-state index contributed by atoms with van der Waals surface area (Å²) in [6.45, 7) is 15.0. The molecule has 0 bridgehead atoms. The molecular formula is C24H46N2O4. The van der Waals surface area contributed by atoms with Gasteiger partial charge in [-0.05, 0) is 65.2 Å². The van der Waals surface area contributed by atoms with Crippen molar-refractivity contribution in [2.75, 3.05) is 0 Å². The molecule has 0 saturated heterocycles. The monoisotopic (exact) mass is 426 g/mol. The van der Waals surface area contributed by atoms with Crippen molar-refractivity contribution >= 4 is 11.8 Å².